The van der Waals surface area contributed by atoms with Gasteiger partial charge in [0.05, 0.1) is 18.9 Å². The van der Waals surface area contributed by atoms with Gasteiger partial charge in [0.15, 0.2) is 5.76 Å². The Hall–Kier alpha value is -3.44. The van der Waals surface area contributed by atoms with E-state index in [9.17, 15) is 24.5 Å². The first-order valence-electron chi connectivity index (χ1n) is 6.16. The Balaban J connectivity index is 2.71. The second kappa shape index (κ2) is 8.11. The summed E-state index contributed by atoms with van der Waals surface area (Å²) in [5.74, 6) is -1.33. The zero-order valence-electron chi connectivity index (χ0n) is 11.9. The molecule has 0 atom stereocenters. The van der Waals surface area contributed by atoms with Gasteiger partial charge in [-0.2, -0.15) is 5.10 Å². The zero-order chi connectivity index (χ0) is 17.4. The number of imide groups is 1. The second-order valence-corrected chi connectivity index (χ2v) is 3.79. The Morgan fingerprint density at radius 3 is 2.74 bits per heavy atom. The summed E-state index contributed by atoms with van der Waals surface area (Å²) in [5, 5.41) is 16.2. The fraction of sp³-hybridized carbons (Fsp3) is 0.273. The number of furan rings is 1. The van der Waals surface area contributed by atoms with Crippen LogP contribution >= 0.6 is 0 Å². The van der Waals surface area contributed by atoms with Crippen LogP contribution in [0.2, 0.25) is 0 Å². The van der Waals surface area contributed by atoms with E-state index in [1.54, 1.807) is 6.92 Å². The molecule has 0 aromatic carbocycles. The lowest BCUT2D eigenvalue weighted by molar-refractivity contribution is -0.402. The van der Waals surface area contributed by atoms with Gasteiger partial charge in [-0.25, -0.2) is 9.59 Å². The molecule has 124 valence electrons. The number of nitrogens with two attached hydrogens (primary N) is 1. The summed E-state index contributed by atoms with van der Waals surface area (Å²) in [5.41, 5.74) is 4.98. The van der Waals surface area contributed by atoms with Crippen LogP contribution in [0.1, 0.15) is 12.7 Å². The van der Waals surface area contributed by atoms with Crippen molar-refractivity contribution in [3.63, 3.8) is 0 Å². The van der Waals surface area contributed by atoms with Gasteiger partial charge in [0, 0.05) is 0 Å². The van der Waals surface area contributed by atoms with Gasteiger partial charge in [-0.1, -0.05) is 0 Å². The molecule has 0 aliphatic rings. The molecular weight excluding hydrogens is 314 g/mol. The third-order valence-electron chi connectivity index (χ3n) is 2.18. The van der Waals surface area contributed by atoms with Crippen molar-refractivity contribution in [2.45, 2.75) is 6.92 Å². The van der Waals surface area contributed by atoms with Crippen molar-refractivity contribution in [3.8, 4) is 0 Å². The number of esters is 1. The fourth-order valence-electron chi connectivity index (χ4n) is 1.27. The third kappa shape index (κ3) is 5.45. The van der Waals surface area contributed by atoms with E-state index in [0.29, 0.717) is 0 Å². The van der Waals surface area contributed by atoms with Gasteiger partial charge in [-0.3, -0.25) is 14.9 Å². The number of nitro groups is 1. The molecule has 0 saturated carbocycles. The Morgan fingerprint density at radius 1 is 1.52 bits per heavy atom. The molecule has 1 rings (SSSR count). The fourth-order valence-corrected chi connectivity index (χ4v) is 1.27. The van der Waals surface area contributed by atoms with Crippen molar-refractivity contribution in [2.24, 2.45) is 10.8 Å². The molecule has 1 aromatic heterocycles. The van der Waals surface area contributed by atoms with Gasteiger partial charge in [0.2, 0.25) is 0 Å². The number of rotatable bonds is 6. The molecule has 0 radical (unpaired) electrons. The minimum Gasteiger partial charge on any atom is -0.465 e. The lowest BCUT2D eigenvalue weighted by Gasteiger charge is -2.12. The molecule has 23 heavy (non-hydrogen) atoms. The highest BCUT2D eigenvalue weighted by atomic mass is 16.6. The summed E-state index contributed by atoms with van der Waals surface area (Å²) in [7, 11) is 0. The lowest BCUT2D eigenvalue weighted by Crippen LogP contribution is -2.45. The maximum absolute atomic E-state index is 11.7. The summed E-state index contributed by atoms with van der Waals surface area (Å²) >= 11 is 0. The van der Waals surface area contributed by atoms with Crippen LogP contribution in [0.25, 0.3) is 0 Å². The molecule has 12 heteroatoms. The van der Waals surface area contributed by atoms with Gasteiger partial charge in [-0.15, -0.1) is 5.01 Å². The van der Waals surface area contributed by atoms with Gasteiger partial charge < -0.3 is 20.2 Å². The van der Waals surface area contributed by atoms with Crippen molar-refractivity contribution in [2.75, 3.05) is 13.2 Å². The third-order valence-corrected chi connectivity index (χ3v) is 2.18. The average Bonchev–Trinajstić information content (AvgIpc) is 2.94. The largest absolute Gasteiger partial charge is 0.465 e. The molecule has 1 heterocycles. The molecule has 1 aromatic rings. The highest BCUT2D eigenvalue weighted by Gasteiger charge is 2.19. The molecule has 0 fully saturated rings. The minimum atomic E-state index is -1.23. The maximum atomic E-state index is 11.7. The summed E-state index contributed by atoms with van der Waals surface area (Å²) < 4.78 is 9.33. The van der Waals surface area contributed by atoms with E-state index >= 15 is 0 Å². The molecule has 0 aliphatic carbocycles. The molecule has 0 spiro atoms. The minimum absolute atomic E-state index is 0.0823. The predicted molar refractivity (Wildman–Crippen MR) is 74.4 cm³/mol. The standard InChI is InChI=1S/C11H13N5O7/c1-2-22-9(17)6-13-11(19)15(10(12)18)14-5-7-3-4-8(23-7)16(20)21/h3-5H,2,6H2,1H3,(H2,12,18)(H,13,19)/b14-5+. The number of hydrogen-bond donors (Lipinski definition) is 2. The van der Waals surface area contributed by atoms with Crippen molar-refractivity contribution in [1.82, 2.24) is 10.3 Å². The van der Waals surface area contributed by atoms with Crippen LogP contribution in [0.3, 0.4) is 0 Å². The predicted octanol–water partition coefficient (Wildman–Crippen LogP) is 0.175. The number of amides is 4. The number of carbonyl (C=O) groups excluding carboxylic acids is 3. The van der Waals surface area contributed by atoms with Crippen LogP contribution in [0.4, 0.5) is 15.5 Å². The molecular formula is C11H13N5O7. The second-order valence-electron chi connectivity index (χ2n) is 3.79. The van der Waals surface area contributed by atoms with Crippen LogP contribution in [0.5, 0.6) is 0 Å². The van der Waals surface area contributed by atoms with E-state index in [2.05, 4.69) is 15.2 Å². The molecule has 12 nitrogen and oxygen atoms in total. The lowest BCUT2D eigenvalue weighted by atomic mass is 10.5. The SMILES string of the molecule is CCOC(=O)CNC(=O)N(/N=C/c1ccc([N+](=O)[O-])o1)C(N)=O. The van der Waals surface area contributed by atoms with E-state index in [1.165, 1.54) is 6.07 Å². The summed E-state index contributed by atoms with van der Waals surface area (Å²) in [6.07, 6.45) is 0.877. The summed E-state index contributed by atoms with van der Waals surface area (Å²) in [6, 6.07) is -0.0415. The Morgan fingerprint density at radius 2 is 2.22 bits per heavy atom. The van der Waals surface area contributed by atoms with Crippen molar-refractivity contribution < 1.29 is 28.5 Å². The summed E-state index contributed by atoms with van der Waals surface area (Å²) in [4.78, 5) is 43.6. The van der Waals surface area contributed by atoms with E-state index in [4.69, 9.17) is 10.2 Å². The van der Waals surface area contributed by atoms with Crippen LogP contribution in [-0.4, -0.2) is 47.3 Å². The average molecular weight is 327 g/mol. The number of primary amides is 1. The number of nitrogens with one attached hydrogen (secondary N) is 1. The number of nitrogens with zero attached hydrogens (tertiary/aromatic N) is 3. The number of urea groups is 2. The molecule has 0 saturated heterocycles. The van der Waals surface area contributed by atoms with Crippen molar-refractivity contribution in [1.29, 1.82) is 0 Å². The molecule has 4 amide bonds. The smallest absolute Gasteiger partial charge is 0.433 e. The topological polar surface area (TPSA) is 170 Å². The Labute approximate surface area is 129 Å². The van der Waals surface area contributed by atoms with Crippen molar-refractivity contribution >= 4 is 30.1 Å². The maximum Gasteiger partial charge on any atom is 0.433 e. The molecule has 0 unspecified atom stereocenters. The molecule has 3 N–H and O–H groups in total. The first-order valence-corrected chi connectivity index (χ1v) is 6.16. The van der Waals surface area contributed by atoms with Gasteiger partial charge in [0.1, 0.15) is 11.5 Å². The van der Waals surface area contributed by atoms with Crippen LogP contribution in [0, 0.1) is 10.1 Å². The van der Waals surface area contributed by atoms with Crippen LogP contribution in [-0.2, 0) is 9.53 Å². The molecule has 0 aliphatic heterocycles. The van der Waals surface area contributed by atoms with E-state index in [0.717, 1.165) is 12.3 Å². The van der Waals surface area contributed by atoms with E-state index < -0.39 is 35.4 Å². The van der Waals surface area contributed by atoms with E-state index in [-0.39, 0.29) is 17.4 Å². The van der Waals surface area contributed by atoms with Gasteiger partial charge in [-0.05, 0) is 13.0 Å². The zero-order valence-corrected chi connectivity index (χ0v) is 11.9. The Kier molecular flexibility index (Phi) is 6.21. The first-order chi connectivity index (χ1) is 10.8. The number of carbonyl (C=O) groups is 3. The number of hydrazone groups is 1. The first kappa shape index (κ1) is 17.6. The summed E-state index contributed by atoms with van der Waals surface area (Å²) in [6.45, 7) is 1.23. The normalized spacial score (nSPS) is 10.3. The molecule has 0 bridgehead atoms. The van der Waals surface area contributed by atoms with Gasteiger partial charge >= 0.3 is 23.9 Å². The van der Waals surface area contributed by atoms with Crippen molar-refractivity contribution in [3.05, 3.63) is 28.0 Å². The van der Waals surface area contributed by atoms with Gasteiger partial charge in [0.25, 0.3) is 0 Å². The number of hydrogen-bond acceptors (Lipinski definition) is 8. The Bertz CT molecular complexity index is 638. The van der Waals surface area contributed by atoms with Crippen LogP contribution in [0.15, 0.2) is 21.7 Å². The highest BCUT2D eigenvalue weighted by molar-refractivity contribution is 5.94. The van der Waals surface area contributed by atoms with Crippen LogP contribution < -0.4 is 11.1 Å². The quantitative estimate of drug-likeness (QED) is 0.324. The number of ether oxygens (including phenoxy) is 1. The van der Waals surface area contributed by atoms with E-state index in [1.807, 2.05) is 0 Å². The highest BCUT2D eigenvalue weighted by Crippen LogP contribution is 2.13. The monoisotopic (exact) mass is 327 g/mol.